The number of ether oxygens (including phenoxy) is 3. The predicted molar refractivity (Wildman–Crippen MR) is 100 cm³/mol. The van der Waals surface area contributed by atoms with Crippen molar-refractivity contribution in [2.24, 2.45) is 5.10 Å². The van der Waals surface area contributed by atoms with Crippen LogP contribution in [0.2, 0.25) is 0 Å². The van der Waals surface area contributed by atoms with Gasteiger partial charge in [-0.3, -0.25) is 9.91 Å². The fourth-order valence-electron chi connectivity index (χ4n) is 3.00. The molecule has 1 aliphatic heterocycles. The van der Waals surface area contributed by atoms with Crippen molar-refractivity contribution in [1.29, 1.82) is 0 Å². The lowest BCUT2D eigenvalue weighted by Crippen LogP contribution is -2.45. The van der Waals surface area contributed by atoms with Crippen LogP contribution in [0.5, 0.6) is 17.2 Å². The lowest BCUT2D eigenvalue weighted by molar-refractivity contribution is -0.364. The molecule has 0 saturated carbocycles. The van der Waals surface area contributed by atoms with Gasteiger partial charge in [-0.25, -0.2) is 4.98 Å². The van der Waals surface area contributed by atoms with E-state index >= 15 is 0 Å². The van der Waals surface area contributed by atoms with Gasteiger partial charge in [0.2, 0.25) is 5.75 Å². The molecule has 0 atom stereocenters. The molecule has 1 aliphatic rings. The zero-order chi connectivity index (χ0) is 18.4. The van der Waals surface area contributed by atoms with E-state index in [1.165, 1.54) is 0 Å². The van der Waals surface area contributed by atoms with Gasteiger partial charge in [0.1, 0.15) is 13.1 Å². The van der Waals surface area contributed by atoms with Gasteiger partial charge >= 0.3 is 0 Å². The topological polar surface area (TPSA) is 60.7 Å². The number of benzene rings is 1. The van der Waals surface area contributed by atoms with Crippen LogP contribution in [-0.2, 0) is 0 Å². The summed E-state index contributed by atoms with van der Waals surface area (Å²) in [7, 11) is 4.82. The largest absolute Gasteiger partial charge is 0.493 e. The molecule has 7 heteroatoms. The van der Waals surface area contributed by atoms with Gasteiger partial charge in [-0.15, -0.1) is 0 Å². The molecule has 0 radical (unpaired) electrons. The molecule has 2 heterocycles. The van der Waals surface area contributed by atoms with Crippen LogP contribution in [0.1, 0.15) is 5.56 Å². The first kappa shape index (κ1) is 17.8. The minimum Gasteiger partial charge on any atom is -0.493 e. The van der Waals surface area contributed by atoms with Gasteiger partial charge in [-0.2, -0.15) is 5.10 Å². The van der Waals surface area contributed by atoms with Crippen LogP contribution in [0, 0.1) is 0 Å². The Bertz CT molecular complexity index is 744. The number of hydrazone groups is 1. The average molecular weight is 357 g/mol. The Hall–Kier alpha value is -2.96. The number of hydrogen-bond donors (Lipinski definition) is 0. The number of methoxy groups -OCH3 is 3. The molecule has 1 saturated heterocycles. The third-order valence-electron chi connectivity index (χ3n) is 4.38. The molecule has 3 rings (SSSR count). The molecule has 1 N–H and O–H groups in total. The first-order chi connectivity index (χ1) is 12.8. The number of aromatic amines is 1. The molecular formula is C19H25N4O3+. The van der Waals surface area contributed by atoms with Gasteiger partial charge < -0.3 is 14.2 Å². The summed E-state index contributed by atoms with van der Waals surface area (Å²) in [5.74, 6) is 2.96. The third-order valence-corrected chi connectivity index (χ3v) is 4.38. The Labute approximate surface area is 153 Å². The molecule has 0 spiro atoms. The molecule has 0 aliphatic carbocycles. The zero-order valence-electron chi connectivity index (χ0n) is 15.4. The van der Waals surface area contributed by atoms with Gasteiger partial charge in [-0.1, -0.05) is 6.07 Å². The summed E-state index contributed by atoms with van der Waals surface area (Å²) in [4.78, 5) is 5.60. The second-order valence-corrected chi connectivity index (χ2v) is 5.86. The molecule has 26 heavy (non-hydrogen) atoms. The summed E-state index contributed by atoms with van der Waals surface area (Å²) in [5, 5.41) is 6.68. The van der Waals surface area contributed by atoms with E-state index in [9.17, 15) is 0 Å². The smallest absolute Gasteiger partial charge is 0.274 e. The highest BCUT2D eigenvalue weighted by atomic mass is 16.5. The van der Waals surface area contributed by atoms with Crippen molar-refractivity contribution < 1.29 is 19.2 Å². The van der Waals surface area contributed by atoms with Crippen molar-refractivity contribution in [1.82, 2.24) is 5.01 Å². The highest BCUT2D eigenvalue weighted by molar-refractivity contribution is 5.86. The number of pyridine rings is 1. The molecule has 1 aromatic heterocycles. The van der Waals surface area contributed by atoms with Crippen molar-refractivity contribution in [3.05, 3.63) is 42.1 Å². The molecule has 0 amide bonds. The van der Waals surface area contributed by atoms with E-state index in [4.69, 9.17) is 14.2 Å². The second-order valence-electron chi connectivity index (χ2n) is 5.86. The number of piperazine rings is 1. The van der Waals surface area contributed by atoms with Crippen LogP contribution in [0.3, 0.4) is 0 Å². The Morgan fingerprint density at radius 2 is 1.69 bits per heavy atom. The van der Waals surface area contributed by atoms with Crippen LogP contribution in [0.4, 0.5) is 5.82 Å². The number of anilines is 1. The number of H-pyrrole nitrogens is 1. The van der Waals surface area contributed by atoms with Gasteiger partial charge in [-0.05, 0) is 18.2 Å². The lowest BCUT2D eigenvalue weighted by atomic mass is 10.2. The van der Waals surface area contributed by atoms with Gasteiger partial charge in [0.05, 0.1) is 46.8 Å². The van der Waals surface area contributed by atoms with E-state index in [-0.39, 0.29) is 0 Å². The van der Waals surface area contributed by atoms with E-state index in [0.717, 1.165) is 37.6 Å². The number of nitrogens with one attached hydrogen (secondary N) is 1. The maximum atomic E-state index is 5.50. The summed E-state index contributed by atoms with van der Waals surface area (Å²) >= 11 is 0. The number of nitrogens with zero attached hydrogens (tertiary/aromatic N) is 3. The quantitative estimate of drug-likeness (QED) is 0.736. The second kappa shape index (κ2) is 8.42. The number of aromatic nitrogens is 1. The summed E-state index contributed by atoms with van der Waals surface area (Å²) in [5.41, 5.74) is 0.851. The molecule has 1 fully saturated rings. The Kier molecular flexibility index (Phi) is 5.78. The van der Waals surface area contributed by atoms with E-state index in [0.29, 0.717) is 17.2 Å². The summed E-state index contributed by atoms with van der Waals surface area (Å²) < 4.78 is 16.2. The molecule has 2 aromatic rings. The Morgan fingerprint density at radius 1 is 0.923 bits per heavy atom. The van der Waals surface area contributed by atoms with Crippen LogP contribution in [-0.4, -0.2) is 58.7 Å². The molecule has 1 aromatic carbocycles. The maximum absolute atomic E-state index is 5.50. The van der Waals surface area contributed by atoms with Crippen LogP contribution in [0.15, 0.2) is 41.6 Å². The maximum Gasteiger partial charge on any atom is 0.274 e. The average Bonchev–Trinajstić information content (AvgIpc) is 2.72. The molecular weight excluding hydrogens is 332 g/mol. The van der Waals surface area contributed by atoms with E-state index in [1.54, 1.807) is 21.3 Å². The highest BCUT2D eigenvalue weighted by Crippen LogP contribution is 2.39. The number of rotatable bonds is 6. The van der Waals surface area contributed by atoms with Gasteiger partial charge in [0.25, 0.3) is 5.82 Å². The molecule has 7 nitrogen and oxygen atoms in total. The Balaban J connectivity index is 1.68. The monoisotopic (exact) mass is 357 g/mol. The highest BCUT2D eigenvalue weighted by Gasteiger charge is 2.22. The molecule has 0 bridgehead atoms. The first-order valence-electron chi connectivity index (χ1n) is 8.56. The van der Waals surface area contributed by atoms with Crippen molar-refractivity contribution in [3.8, 4) is 17.2 Å². The fraction of sp³-hybridized carbons (Fsp3) is 0.368. The van der Waals surface area contributed by atoms with Gasteiger partial charge in [0.15, 0.2) is 11.5 Å². The van der Waals surface area contributed by atoms with Crippen molar-refractivity contribution >= 4 is 12.0 Å². The zero-order valence-corrected chi connectivity index (χ0v) is 15.4. The van der Waals surface area contributed by atoms with Crippen molar-refractivity contribution in [2.75, 3.05) is 52.4 Å². The summed E-state index contributed by atoms with van der Waals surface area (Å²) in [6.45, 7) is 3.55. The SMILES string of the molecule is COc1ccc(/C=N/N2CCN(c3cccc[nH+]3)CC2)c(OC)c1OC. The minimum atomic E-state index is 0.573. The summed E-state index contributed by atoms with van der Waals surface area (Å²) in [6.07, 6.45) is 3.76. The first-order valence-corrected chi connectivity index (χ1v) is 8.56. The predicted octanol–water partition coefficient (Wildman–Crippen LogP) is 1.68. The normalized spacial score (nSPS) is 14.6. The lowest BCUT2D eigenvalue weighted by Gasteiger charge is -2.28. The van der Waals surface area contributed by atoms with Crippen LogP contribution >= 0.6 is 0 Å². The van der Waals surface area contributed by atoms with Crippen LogP contribution < -0.4 is 24.1 Å². The standard InChI is InChI=1S/C19H24N4O3/c1-24-16-8-7-15(18(25-2)19(16)26-3)14-21-23-12-10-22(11-13-23)17-6-4-5-9-20-17/h4-9,14H,10-13H2,1-3H3/p+1/b21-14+. The van der Waals surface area contributed by atoms with E-state index in [2.05, 4.69) is 26.1 Å². The summed E-state index contributed by atoms with van der Waals surface area (Å²) in [6, 6.07) is 9.89. The minimum absolute atomic E-state index is 0.573. The fourth-order valence-corrected chi connectivity index (χ4v) is 3.00. The molecule has 0 unspecified atom stereocenters. The molecule has 138 valence electrons. The van der Waals surface area contributed by atoms with E-state index in [1.807, 2.05) is 36.7 Å². The van der Waals surface area contributed by atoms with Crippen LogP contribution in [0.25, 0.3) is 0 Å². The Morgan fingerprint density at radius 3 is 2.31 bits per heavy atom. The number of hydrogen-bond acceptors (Lipinski definition) is 6. The van der Waals surface area contributed by atoms with Crippen molar-refractivity contribution in [2.45, 2.75) is 0 Å². The van der Waals surface area contributed by atoms with Crippen molar-refractivity contribution in [3.63, 3.8) is 0 Å². The third kappa shape index (κ3) is 3.82. The van der Waals surface area contributed by atoms with Gasteiger partial charge in [0, 0.05) is 11.6 Å². The van der Waals surface area contributed by atoms with E-state index < -0.39 is 0 Å².